The first-order valence-electron chi connectivity index (χ1n) is 5.45. The summed E-state index contributed by atoms with van der Waals surface area (Å²) < 4.78 is 12.7. The molecule has 0 saturated heterocycles. The molecule has 0 aliphatic rings. The molecular weight excluding hydrogens is 245 g/mol. The van der Waals surface area contributed by atoms with Crippen molar-refractivity contribution in [1.82, 2.24) is 5.32 Å². The first-order valence-corrected chi connectivity index (χ1v) is 5.89. The predicted molar refractivity (Wildman–Crippen MR) is 64.9 cm³/mol. The second kappa shape index (κ2) is 6.45. The lowest BCUT2D eigenvalue weighted by atomic mass is 10.1. The van der Waals surface area contributed by atoms with Crippen LogP contribution in [-0.4, -0.2) is 22.9 Å². The van der Waals surface area contributed by atoms with Crippen molar-refractivity contribution in [3.05, 3.63) is 29.6 Å². The quantitative estimate of drug-likeness (QED) is 0.799. The Morgan fingerprint density at radius 2 is 2.29 bits per heavy atom. The van der Waals surface area contributed by atoms with Crippen molar-refractivity contribution in [2.45, 2.75) is 25.1 Å². The normalized spacial score (nSPS) is 12.2. The van der Waals surface area contributed by atoms with E-state index in [0.29, 0.717) is 13.0 Å². The zero-order valence-corrected chi connectivity index (χ0v) is 10.3. The van der Waals surface area contributed by atoms with Gasteiger partial charge in [0.2, 0.25) is 0 Å². The molecular formula is C12H15ClFNO2. The first-order chi connectivity index (χ1) is 8.04. The lowest BCUT2D eigenvalue weighted by Crippen LogP contribution is -2.26. The predicted octanol–water partition coefficient (Wildman–Crippen LogP) is 2.67. The third kappa shape index (κ3) is 4.23. The molecule has 0 bridgehead atoms. The molecule has 5 heteroatoms. The molecule has 0 aromatic heterocycles. The number of alkyl halides is 1. The topological polar surface area (TPSA) is 49.3 Å². The number of benzene rings is 1. The van der Waals surface area contributed by atoms with Gasteiger partial charge < -0.3 is 10.4 Å². The van der Waals surface area contributed by atoms with Gasteiger partial charge in [-0.2, -0.15) is 0 Å². The highest BCUT2D eigenvalue weighted by Crippen LogP contribution is 2.17. The Morgan fingerprint density at radius 1 is 1.59 bits per heavy atom. The van der Waals surface area contributed by atoms with Crippen molar-refractivity contribution >= 4 is 17.5 Å². The van der Waals surface area contributed by atoms with E-state index in [1.165, 1.54) is 6.07 Å². The number of rotatable bonds is 5. The summed E-state index contributed by atoms with van der Waals surface area (Å²) in [6, 6.07) is 3.29. The maximum absolute atomic E-state index is 12.7. The van der Waals surface area contributed by atoms with Gasteiger partial charge in [-0.15, -0.1) is 11.6 Å². The van der Waals surface area contributed by atoms with Gasteiger partial charge >= 0.3 is 0 Å². The Kier molecular flexibility index (Phi) is 5.22. The fraction of sp³-hybridized carbons (Fsp3) is 0.417. The van der Waals surface area contributed by atoms with E-state index in [1.807, 2.05) is 6.92 Å². The molecule has 0 radical (unpaired) electrons. The molecule has 1 unspecified atom stereocenters. The fourth-order valence-electron chi connectivity index (χ4n) is 1.34. The largest absolute Gasteiger partial charge is 0.507 e. The average Bonchev–Trinajstić information content (AvgIpc) is 2.28. The van der Waals surface area contributed by atoms with Crippen molar-refractivity contribution in [1.29, 1.82) is 0 Å². The van der Waals surface area contributed by atoms with Crippen LogP contribution in [0.5, 0.6) is 5.75 Å². The van der Waals surface area contributed by atoms with E-state index in [2.05, 4.69) is 5.32 Å². The molecule has 1 aromatic rings. The van der Waals surface area contributed by atoms with Crippen molar-refractivity contribution < 1.29 is 14.3 Å². The lowest BCUT2D eigenvalue weighted by Gasteiger charge is -2.09. The number of hydrogen-bond acceptors (Lipinski definition) is 2. The van der Waals surface area contributed by atoms with Crippen LogP contribution < -0.4 is 5.32 Å². The summed E-state index contributed by atoms with van der Waals surface area (Å²) in [5, 5.41) is 12.0. The Hall–Kier alpha value is -1.29. The van der Waals surface area contributed by atoms with Gasteiger partial charge in [0.25, 0.3) is 5.91 Å². The highest BCUT2D eigenvalue weighted by molar-refractivity contribution is 6.20. The summed E-state index contributed by atoms with van der Waals surface area (Å²) in [7, 11) is 0. The zero-order chi connectivity index (χ0) is 12.8. The smallest absolute Gasteiger partial charge is 0.255 e. The molecule has 3 nitrogen and oxygen atoms in total. The Morgan fingerprint density at radius 3 is 2.88 bits per heavy atom. The van der Waals surface area contributed by atoms with Crippen LogP contribution in [0.2, 0.25) is 0 Å². The van der Waals surface area contributed by atoms with Gasteiger partial charge in [-0.25, -0.2) is 4.39 Å². The number of carbonyl (C=O) groups excluding carboxylic acids is 1. The third-order valence-electron chi connectivity index (χ3n) is 2.39. The number of phenols is 1. The maximum Gasteiger partial charge on any atom is 0.255 e. The summed E-state index contributed by atoms with van der Waals surface area (Å²) >= 11 is 5.90. The minimum atomic E-state index is -0.578. The van der Waals surface area contributed by atoms with E-state index < -0.39 is 11.7 Å². The number of carbonyl (C=O) groups is 1. The third-order valence-corrected chi connectivity index (χ3v) is 2.92. The summed E-state index contributed by atoms with van der Waals surface area (Å²) in [6.07, 6.45) is 1.49. The SMILES string of the molecule is CCC(Cl)CCNC(=O)c1ccc(F)cc1O. The average molecular weight is 260 g/mol. The van der Waals surface area contributed by atoms with Gasteiger partial charge in [0.05, 0.1) is 5.56 Å². The molecule has 1 amide bonds. The molecule has 2 N–H and O–H groups in total. The van der Waals surface area contributed by atoms with Crippen molar-refractivity contribution in [3.63, 3.8) is 0 Å². The van der Waals surface area contributed by atoms with Crippen LogP contribution in [-0.2, 0) is 0 Å². The minimum absolute atomic E-state index is 0.0251. The summed E-state index contributed by atoms with van der Waals surface area (Å²) in [4.78, 5) is 11.6. The number of nitrogens with one attached hydrogen (secondary N) is 1. The summed E-state index contributed by atoms with van der Waals surface area (Å²) in [5.74, 6) is -1.37. The van der Waals surface area contributed by atoms with Crippen LogP contribution in [0.25, 0.3) is 0 Å². The van der Waals surface area contributed by atoms with Crippen molar-refractivity contribution in [3.8, 4) is 5.75 Å². The second-order valence-corrected chi connectivity index (χ2v) is 4.33. The van der Waals surface area contributed by atoms with Crippen LogP contribution in [0.3, 0.4) is 0 Å². The number of aromatic hydroxyl groups is 1. The maximum atomic E-state index is 12.7. The Labute approximate surface area is 105 Å². The fourth-order valence-corrected chi connectivity index (χ4v) is 1.45. The molecule has 0 heterocycles. The second-order valence-electron chi connectivity index (χ2n) is 3.71. The molecule has 1 aromatic carbocycles. The van der Waals surface area contributed by atoms with E-state index in [1.54, 1.807) is 0 Å². The number of amides is 1. The van der Waals surface area contributed by atoms with Crippen LogP contribution in [0.15, 0.2) is 18.2 Å². The molecule has 0 aliphatic carbocycles. The van der Waals surface area contributed by atoms with Crippen LogP contribution >= 0.6 is 11.6 Å². The molecule has 1 rings (SSSR count). The van der Waals surface area contributed by atoms with E-state index in [0.717, 1.165) is 18.6 Å². The van der Waals surface area contributed by atoms with Crippen molar-refractivity contribution in [2.24, 2.45) is 0 Å². The van der Waals surface area contributed by atoms with Gasteiger partial charge in [0.15, 0.2) is 0 Å². The van der Waals surface area contributed by atoms with E-state index >= 15 is 0 Å². The monoisotopic (exact) mass is 259 g/mol. The molecule has 0 spiro atoms. The highest BCUT2D eigenvalue weighted by atomic mass is 35.5. The molecule has 0 saturated carbocycles. The summed E-state index contributed by atoms with van der Waals surface area (Å²) in [5.41, 5.74) is 0.0639. The lowest BCUT2D eigenvalue weighted by molar-refractivity contribution is 0.0950. The number of halogens is 2. The number of hydrogen-bond donors (Lipinski definition) is 2. The van der Waals surface area contributed by atoms with Crippen LogP contribution in [0, 0.1) is 5.82 Å². The van der Waals surface area contributed by atoms with E-state index in [9.17, 15) is 14.3 Å². The highest BCUT2D eigenvalue weighted by Gasteiger charge is 2.11. The first kappa shape index (κ1) is 13.8. The Balaban J connectivity index is 2.52. The standard InChI is InChI=1S/C12H15ClFNO2/c1-2-8(13)5-6-15-12(17)10-4-3-9(14)7-11(10)16/h3-4,7-8,16H,2,5-6H2,1H3,(H,15,17). The Bertz CT molecular complexity index is 398. The van der Waals surface area contributed by atoms with Gasteiger partial charge in [-0.05, 0) is 25.0 Å². The molecule has 0 fully saturated rings. The van der Waals surface area contributed by atoms with Crippen molar-refractivity contribution in [2.75, 3.05) is 6.54 Å². The molecule has 1 atom stereocenters. The van der Waals surface area contributed by atoms with E-state index in [-0.39, 0.29) is 16.7 Å². The van der Waals surface area contributed by atoms with Gasteiger partial charge in [-0.1, -0.05) is 6.92 Å². The zero-order valence-electron chi connectivity index (χ0n) is 9.54. The van der Waals surface area contributed by atoms with Crippen LogP contribution in [0.4, 0.5) is 4.39 Å². The van der Waals surface area contributed by atoms with E-state index in [4.69, 9.17) is 11.6 Å². The van der Waals surface area contributed by atoms with Crippen LogP contribution in [0.1, 0.15) is 30.1 Å². The summed E-state index contributed by atoms with van der Waals surface area (Å²) in [6.45, 7) is 2.39. The minimum Gasteiger partial charge on any atom is -0.507 e. The van der Waals surface area contributed by atoms with Gasteiger partial charge in [0.1, 0.15) is 11.6 Å². The molecule has 0 aliphatic heterocycles. The van der Waals surface area contributed by atoms with Gasteiger partial charge in [-0.3, -0.25) is 4.79 Å². The number of phenolic OH excluding ortho intramolecular Hbond substituents is 1. The molecule has 94 valence electrons. The molecule has 17 heavy (non-hydrogen) atoms. The van der Waals surface area contributed by atoms with Gasteiger partial charge in [0, 0.05) is 18.0 Å².